The number of nitrogens with one attached hydrogen (secondary N) is 1. The van der Waals surface area contributed by atoms with E-state index in [0.29, 0.717) is 18.0 Å². The summed E-state index contributed by atoms with van der Waals surface area (Å²) in [6.45, 7) is 4.64. The van der Waals surface area contributed by atoms with Crippen molar-refractivity contribution in [3.8, 4) is 0 Å². The highest BCUT2D eigenvalue weighted by molar-refractivity contribution is 6.01. The number of carbonyl (C=O) groups is 2. The number of Topliss-reactive ketones (excluding diaryl/α,β-unsaturated/α-hetero) is 1. The Balaban J connectivity index is 2.85. The molecule has 21 heavy (non-hydrogen) atoms. The first kappa shape index (κ1) is 17.2. The number of carboxylic acid groups (broad SMARTS) is 1. The lowest BCUT2D eigenvalue weighted by Gasteiger charge is -2.18. The minimum atomic E-state index is -0.977. The van der Waals surface area contributed by atoms with Gasteiger partial charge in [0.15, 0.2) is 5.78 Å². The number of hydrogen-bond donors (Lipinski definition) is 2. The third-order valence-electron chi connectivity index (χ3n) is 3.14. The summed E-state index contributed by atoms with van der Waals surface area (Å²) in [5.74, 6) is -0.803. The average Bonchev–Trinajstić information content (AvgIpc) is 2.42. The zero-order chi connectivity index (χ0) is 16.0. The zero-order valence-corrected chi connectivity index (χ0v) is 13.1. The number of carboxylic acids is 1. The van der Waals surface area contributed by atoms with E-state index in [2.05, 4.69) is 5.32 Å². The van der Waals surface area contributed by atoms with Gasteiger partial charge in [0, 0.05) is 25.3 Å². The molecule has 0 aromatic heterocycles. The van der Waals surface area contributed by atoms with Crippen molar-refractivity contribution in [3.63, 3.8) is 0 Å². The topological polar surface area (TPSA) is 69.6 Å². The summed E-state index contributed by atoms with van der Waals surface area (Å²) in [5.41, 5.74) is 1.53. The highest BCUT2D eigenvalue weighted by atomic mass is 16.4. The fraction of sp³-hybridized carbons (Fsp3) is 0.500. The van der Waals surface area contributed by atoms with Crippen LogP contribution < -0.4 is 10.2 Å². The maximum Gasteiger partial charge on any atom is 0.305 e. The minimum Gasteiger partial charge on any atom is -0.481 e. The summed E-state index contributed by atoms with van der Waals surface area (Å²) in [6, 6.07) is 6.50. The quantitative estimate of drug-likeness (QED) is 0.717. The molecule has 5 nitrogen and oxygen atoms in total. The Kier molecular flexibility index (Phi) is 6.37. The van der Waals surface area contributed by atoms with Crippen molar-refractivity contribution in [1.29, 1.82) is 0 Å². The first-order valence-corrected chi connectivity index (χ1v) is 7.08. The fourth-order valence-corrected chi connectivity index (χ4v) is 1.94. The second-order valence-electron chi connectivity index (χ2n) is 5.76. The molecular weight excluding hydrogens is 268 g/mol. The van der Waals surface area contributed by atoms with Crippen LogP contribution in [-0.4, -0.2) is 43.5 Å². The molecule has 0 spiro atoms. The molecule has 0 aliphatic heterocycles. The zero-order valence-electron chi connectivity index (χ0n) is 13.1. The molecule has 1 aromatic carbocycles. The maximum absolute atomic E-state index is 12.4. The molecule has 5 heteroatoms. The SMILES string of the molecule is CC(C)CNC(CC(=O)O)C(=O)c1ccc(N(C)C)cc1. The standard InChI is InChI=1S/C16H24N2O3/c1-11(2)10-17-14(9-15(19)20)16(21)12-5-7-13(8-6-12)18(3)4/h5-8,11,14,17H,9-10H2,1-4H3,(H,19,20). The highest BCUT2D eigenvalue weighted by Gasteiger charge is 2.22. The van der Waals surface area contributed by atoms with Gasteiger partial charge >= 0.3 is 5.97 Å². The van der Waals surface area contributed by atoms with Gasteiger partial charge in [0.1, 0.15) is 0 Å². The Labute approximate surface area is 126 Å². The molecule has 0 bridgehead atoms. The molecule has 1 atom stereocenters. The van der Waals surface area contributed by atoms with Crippen molar-refractivity contribution in [2.45, 2.75) is 26.3 Å². The van der Waals surface area contributed by atoms with Crippen molar-refractivity contribution < 1.29 is 14.7 Å². The van der Waals surface area contributed by atoms with Crippen LogP contribution in [0.2, 0.25) is 0 Å². The number of benzene rings is 1. The number of carbonyl (C=O) groups excluding carboxylic acids is 1. The molecular formula is C16H24N2O3. The van der Waals surface area contributed by atoms with Gasteiger partial charge < -0.3 is 15.3 Å². The Hall–Kier alpha value is -1.88. The summed E-state index contributed by atoms with van der Waals surface area (Å²) < 4.78 is 0. The first-order chi connectivity index (χ1) is 9.81. The van der Waals surface area contributed by atoms with Gasteiger partial charge in [-0.05, 0) is 36.7 Å². The van der Waals surface area contributed by atoms with Crippen LogP contribution in [0.5, 0.6) is 0 Å². The lowest BCUT2D eigenvalue weighted by atomic mass is 10.0. The van der Waals surface area contributed by atoms with Crippen molar-refractivity contribution in [1.82, 2.24) is 5.32 Å². The van der Waals surface area contributed by atoms with Crippen LogP contribution in [-0.2, 0) is 4.79 Å². The Morgan fingerprint density at radius 1 is 1.19 bits per heavy atom. The molecule has 0 fully saturated rings. The number of nitrogens with zero attached hydrogens (tertiary/aromatic N) is 1. The van der Waals surface area contributed by atoms with Gasteiger partial charge in [0.05, 0.1) is 12.5 Å². The van der Waals surface area contributed by atoms with Crippen LogP contribution in [0.25, 0.3) is 0 Å². The van der Waals surface area contributed by atoms with E-state index in [9.17, 15) is 9.59 Å². The number of ketones is 1. The molecule has 1 aromatic rings. The van der Waals surface area contributed by atoms with Crippen molar-refractivity contribution in [2.75, 3.05) is 25.5 Å². The molecule has 116 valence electrons. The normalized spacial score (nSPS) is 12.2. The lowest BCUT2D eigenvalue weighted by Crippen LogP contribution is -2.40. The van der Waals surface area contributed by atoms with E-state index in [4.69, 9.17) is 5.11 Å². The third-order valence-corrected chi connectivity index (χ3v) is 3.14. The average molecular weight is 292 g/mol. The molecule has 1 unspecified atom stereocenters. The molecule has 0 amide bonds. The summed E-state index contributed by atoms with van der Waals surface area (Å²) in [7, 11) is 3.85. The Bertz CT molecular complexity index is 481. The van der Waals surface area contributed by atoms with E-state index in [-0.39, 0.29) is 12.2 Å². The van der Waals surface area contributed by atoms with Gasteiger partial charge in [-0.15, -0.1) is 0 Å². The molecule has 0 saturated heterocycles. The van der Waals surface area contributed by atoms with Gasteiger partial charge in [0.2, 0.25) is 0 Å². The van der Waals surface area contributed by atoms with Crippen molar-refractivity contribution >= 4 is 17.4 Å². The second-order valence-corrected chi connectivity index (χ2v) is 5.76. The van der Waals surface area contributed by atoms with Gasteiger partial charge in [-0.25, -0.2) is 0 Å². The number of hydrogen-bond acceptors (Lipinski definition) is 4. The summed E-state index contributed by atoms with van der Waals surface area (Å²) in [6.07, 6.45) is -0.207. The predicted octanol–water partition coefficient (Wildman–Crippen LogP) is 2.02. The molecule has 2 N–H and O–H groups in total. The fourth-order valence-electron chi connectivity index (χ4n) is 1.94. The summed E-state index contributed by atoms with van der Waals surface area (Å²) in [5, 5.41) is 12.0. The van der Waals surface area contributed by atoms with Gasteiger partial charge in [-0.1, -0.05) is 13.8 Å². The number of rotatable bonds is 8. The van der Waals surface area contributed by atoms with Gasteiger partial charge in [0.25, 0.3) is 0 Å². The molecule has 0 radical (unpaired) electrons. The van der Waals surface area contributed by atoms with Crippen LogP contribution in [0.3, 0.4) is 0 Å². The highest BCUT2D eigenvalue weighted by Crippen LogP contribution is 2.14. The third kappa shape index (κ3) is 5.55. The monoisotopic (exact) mass is 292 g/mol. The molecule has 0 aliphatic rings. The second kappa shape index (κ2) is 7.78. The van der Waals surface area contributed by atoms with Crippen molar-refractivity contribution in [3.05, 3.63) is 29.8 Å². The van der Waals surface area contributed by atoms with Crippen LogP contribution in [0, 0.1) is 5.92 Å². The molecule has 1 rings (SSSR count). The van der Waals surface area contributed by atoms with E-state index in [1.807, 2.05) is 45.0 Å². The largest absolute Gasteiger partial charge is 0.481 e. The van der Waals surface area contributed by atoms with E-state index in [0.717, 1.165) is 5.69 Å². The van der Waals surface area contributed by atoms with Crippen LogP contribution in [0.4, 0.5) is 5.69 Å². The van der Waals surface area contributed by atoms with Gasteiger partial charge in [-0.2, -0.15) is 0 Å². The Morgan fingerprint density at radius 3 is 2.19 bits per heavy atom. The Morgan fingerprint density at radius 2 is 1.76 bits per heavy atom. The number of aliphatic carboxylic acids is 1. The van der Waals surface area contributed by atoms with Crippen LogP contribution in [0.15, 0.2) is 24.3 Å². The summed E-state index contributed by atoms with van der Waals surface area (Å²) in [4.78, 5) is 25.3. The van der Waals surface area contributed by atoms with E-state index in [1.165, 1.54) is 0 Å². The van der Waals surface area contributed by atoms with Crippen LogP contribution in [0.1, 0.15) is 30.6 Å². The predicted molar refractivity (Wildman–Crippen MR) is 84.0 cm³/mol. The smallest absolute Gasteiger partial charge is 0.305 e. The minimum absolute atomic E-state index is 0.177. The van der Waals surface area contributed by atoms with E-state index in [1.54, 1.807) is 12.1 Å². The maximum atomic E-state index is 12.4. The van der Waals surface area contributed by atoms with Gasteiger partial charge in [-0.3, -0.25) is 9.59 Å². The molecule has 0 heterocycles. The first-order valence-electron chi connectivity index (χ1n) is 7.08. The van der Waals surface area contributed by atoms with Crippen LogP contribution >= 0.6 is 0 Å². The van der Waals surface area contributed by atoms with Crippen molar-refractivity contribution in [2.24, 2.45) is 5.92 Å². The molecule has 0 aliphatic carbocycles. The molecule has 0 saturated carbocycles. The van der Waals surface area contributed by atoms with E-state index < -0.39 is 12.0 Å². The summed E-state index contributed by atoms with van der Waals surface area (Å²) >= 11 is 0. The van der Waals surface area contributed by atoms with E-state index >= 15 is 0 Å². The lowest BCUT2D eigenvalue weighted by molar-refractivity contribution is -0.137. The number of anilines is 1.